The molecule has 23 heavy (non-hydrogen) atoms. The van der Waals surface area contributed by atoms with Crippen molar-refractivity contribution in [3.05, 3.63) is 47.5 Å². The molecule has 1 heterocycles. The number of thiazole rings is 1. The molecule has 4 heteroatoms. The number of ether oxygens (including phenoxy) is 1. The van der Waals surface area contributed by atoms with Crippen LogP contribution < -0.4 is 10.1 Å². The van der Waals surface area contributed by atoms with Gasteiger partial charge in [-0.05, 0) is 43.5 Å². The first-order valence-electron chi connectivity index (χ1n) is 7.99. The molecule has 3 rings (SSSR count). The number of fused-ring (bicyclic) bond motifs is 1. The number of benzene rings is 2. The number of nitrogens with one attached hydrogen (secondary N) is 1. The van der Waals surface area contributed by atoms with Crippen molar-refractivity contribution in [1.29, 1.82) is 0 Å². The molecule has 0 aliphatic carbocycles. The summed E-state index contributed by atoms with van der Waals surface area (Å²) in [4.78, 5) is 4.80. The van der Waals surface area contributed by atoms with Crippen LogP contribution in [0.3, 0.4) is 0 Å². The maximum atomic E-state index is 5.87. The number of anilines is 2. The van der Waals surface area contributed by atoms with Crippen LogP contribution in [0.15, 0.2) is 36.4 Å². The summed E-state index contributed by atoms with van der Waals surface area (Å²) in [6.45, 7) is 9.21. The molecule has 0 atom stereocenters. The number of aryl methyl sites for hydroxylation is 1. The van der Waals surface area contributed by atoms with E-state index in [9.17, 15) is 0 Å². The van der Waals surface area contributed by atoms with E-state index in [0.29, 0.717) is 12.5 Å². The number of aromatic nitrogens is 1. The van der Waals surface area contributed by atoms with E-state index < -0.39 is 0 Å². The van der Waals surface area contributed by atoms with Crippen LogP contribution >= 0.6 is 11.3 Å². The highest BCUT2D eigenvalue weighted by molar-refractivity contribution is 7.22. The number of para-hydroxylation sites is 1. The fraction of sp³-hybridized carbons (Fsp3) is 0.316. The molecular weight excluding hydrogens is 304 g/mol. The van der Waals surface area contributed by atoms with Crippen molar-refractivity contribution >= 4 is 32.4 Å². The lowest BCUT2D eigenvalue weighted by atomic mass is 9.99. The van der Waals surface area contributed by atoms with Crippen LogP contribution in [-0.2, 0) is 0 Å². The van der Waals surface area contributed by atoms with Crippen LogP contribution in [0, 0.1) is 6.92 Å². The predicted molar refractivity (Wildman–Crippen MR) is 99.3 cm³/mol. The van der Waals surface area contributed by atoms with Crippen LogP contribution in [0.1, 0.15) is 37.8 Å². The van der Waals surface area contributed by atoms with E-state index in [4.69, 9.17) is 9.72 Å². The number of hydrogen-bond acceptors (Lipinski definition) is 4. The standard InChI is InChI=1S/C19H22N2OS/c1-5-22-15-11-13(4)17-18(16(15)12(2)3)23-19(21-17)20-14-9-7-6-8-10-14/h6-12H,5H2,1-4H3,(H,20,21). The first-order valence-corrected chi connectivity index (χ1v) is 8.80. The molecule has 0 bridgehead atoms. The number of hydrogen-bond donors (Lipinski definition) is 1. The smallest absolute Gasteiger partial charge is 0.188 e. The van der Waals surface area contributed by atoms with Gasteiger partial charge in [-0.3, -0.25) is 0 Å². The van der Waals surface area contributed by atoms with Gasteiger partial charge >= 0.3 is 0 Å². The van der Waals surface area contributed by atoms with Crippen molar-refractivity contribution < 1.29 is 4.74 Å². The van der Waals surface area contributed by atoms with Gasteiger partial charge in [-0.1, -0.05) is 43.4 Å². The third kappa shape index (κ3) is 3.17. The molecule has 0 radical (unpaired) electrons. The SMILES string of the molecule is CCOc1cc(C)c2nc(Nc3ccccc3)sc2c1C(C)C. The quantitative estimate of drug-likeness (QED) is 0.636. The van der Waals surface area contributed by atoms with Gasteiger partial charge in [0.15, 0.2) is 5.13 Å². The van der Waals surface area contributed by atoms with Crippen molar-refractivity contribution in [2.45, 2.75) is 33.6 Å². The number of nitrogens with zero attached hydrogens (tertiary/aromatic N) is 1. The molecule has 0 saturated carbocycles. The van der Waals surface area contributed by atoms with Crippen molar-refractivity contribution in [2.75, 3.05) is 11.9 Å². The summed E-state index contributed by atoms with van der Waals surface area (Å²) >= 11 is 1.70. The van der Waals surface area contributed by atoms with Crippen LogP contribution in [0.2, 0.25) is 0 Å². The minimum atomic E-state index is 0.393. The third-order valence-corrected chi connectivity index (χ3v) is 4.76. The van der Waals surface area contributed by atoms with E-state index >= 15 is 0 Å². The van der Waals surface area contributed by atoms with E-state index in [-0.39, 0.29) is 0 Å². The van der Waals surface area contributed by atoms with Crippen LogP contribution in [-0.4, -0.2) is 11.6 Å². The van der Waals surface area contributed by atoms with Crippen LogP contribution in [0.25, 0.3) is 10.2 Å². The molecule has 1 N–H and O–H groups in total. The van der Waals surface area contributed by atoms with Gasteiger partial charge in [-0.15, -0.1) is 0 Å². The summed E-state index contributed by atoms with van der Waals surface area (Å²) in [5.74, 6) is 1.38. The van der Waals surface area contributed by atoms with E-state index in [1.54, 1.807) is 11.3 Å². The molecule has 0 saturated heterocycles. The molecular formula is C19H22N2OS. The second-order valence-corrected chi connectivity index (χ2v) is 6.88. The zero-order valence-corrected chi connectivity index (χ0v) is 14.8. The molecule has 0 aliphatic rings. The Kier molecular flexibility index (Phi) is 4.53. The zero-order valence-electron chi connectivity index (χ0n) is 14.0. The average molecular weight is 326 g/mol. The zero-order chi connectivity index (χ0) is 16.4. The van der Waals surface area contributed by atoms with Crippen molar-refractivity contribution in [1.82, 2.24) is 4.98 Å². The fourth-order valence-corrected chi connectivity index (χ4v) is 3.99. The van der Waals surface area contributed by atoms with Crippen LogP contribution in [0.4, 0.5) is 10.8 Å². The molecule has 0 spiro atoms. The maximum absolute atomic E-state index is 5.87. The molecule has 120 valence electrons. The highest BCUT2D eigenvalue weighted by Crippen LogP contribution is 2.41. The largest absolute Gasteiger partial charge is 0.494 e. The lowest BCUT2D eigenvalue weighted by molar-refractivity contribution is 0.336. The van der Waals surface area contributed by atoms with Gasteiger partial charge in [-0.2, -0.15) is 0 Å². The summed E-state index contributed by atoms with van der Waals surface area (Å²) in [5, 5.41) is 4.33. The molecule has 1 aromatic heterocycles. The molecule has 2 aromatic carbocycles. The van der Waals surface area contributed by atoms with E-state index in [0.717, 1.165) is 27.6 Å². The summed E-state index contributed by atoms with van der Waals surface area (Å²) < 4.78 is 7.10. The van der Waals surface area contributed by atoms with Gasteiger partial charge in [0, 0.05) is 11.3 Å². The molecule has 3 nitrogen and oxygen atoms in total. The highest BCUT2D eigenvalue weighted by Gasteiger charge is 2.18. The second kappa shape index (κ2) is 6.59. The van der Waals surface area contributed by atoms with Gasteiger partial charge in [0.25, 0.3) is 0 Å². The van der Waals surface area contributed by atoms with Gasteiger partial charge < -0.3 is 10.1 Å². The highest BCUT2D eigenvalue weighted by atomic mass is 32.1. The Morgan fingerprint density at radius 1 is 1.22 bits per heavy atom. The Balaban J connectivity index is 2.10. The Bertz CT molecular complexity index is 809. The molecule has 0 unspecified atom stereocenters. The summed E-state index contributed by atoms with van der Waals surface area (Å²) in [6.07, 6.45) is 0. The topological polar surface area (TPSA) is 34.1 Å². The number of rotatable bonds is 5. The predicted octanol–water partition coefficient (Wildman–Crippen LogP) is 5.87. The van der Waals surface area contributed by atoms with Gasteiger partial charge in [0.2, 0.25) is 0 Å². The van der Waals surface area contributed by atoms with Gasteiger partial charge in [0.05, 0.1) is 16.8 Å². The molecule has 0 amide bonds. The van der Waals surface area contributed by atoms with E-state index in [2.05, 4.69) is 32.2 Å². The maximum Gasteiger partial charge on any atom is 0.188 e. The van der Waals surface area contributed by atoms with E-state index in [1.807, 2.05) is 37.3 Å². The molecule has 0 aliphatic heterocycles. The van der Waals surface area contributed by atoms with Crippen LogP contribution in [0.5, 0.6) is 5.75 Å². The van der Waals surface area contributed by atoms with Gasteiger partial charge in [0.1, 0.15) is 5.75 Å². The average Bonchev–Trinajstić information content (AvgIpc) is 2.92. The van der Waals surface area contributed by atoms with Crippen molar-refractivity contribution in [2.24, 2.45) is 0 Å². The van der Waals surface area contributed by atoms with Gasteiger partial charge in [-0.25, -0.2) is 4.98 Å². The Morgan fingerprint density at radius 3 is 2.61 bits per heavy atom. The Labute approximate surface area is 141 Å². The van der Waals surface area contributed by atoms with E-state index in [1.165, 1.54) is 10.3 Å². The third-order valence-electron chi connectivity index (χ3n) is 3.76. The summed E-state index contributed by atoms with van der Waals surface area (Å²) in [5.41, 5.74) is 4.54. The summed E-state index contributed by atoms with van der Waals surface area (Å²) in [6, 6.07) is 12.3. The van der Waals surface area contributed by atoms with Crippen molar-refractivity contribution in [3.8, 4) is 5.75 Å². The Morgan fingerprint density at radius 2 is 1.96 bits per heavy atom. The normalized spacial score (nSPS) is 11.2. The lowest BCUT2D eigenvalue weighted by Gasteiger charge is -2.15. The monoisotopic (exact) mass is 326 g/mol. The minimum absolute atomic E-state index is 0.393. The van der Waals surface area contributed by atoms with Crippen molar-refractivity contribution in [3.63, 3.8) is 0 Å². The fourth-order valence-electron chi connectivity index (χ4n) is 2.74. The molecule has 3 aromatic rings. The summed E-state index contributed by atoms with van der Waals surface area (Å²) in [7, 11) is 0. The first-order chi connectivity index (χ1) is 11.1. The lowest BCUT2D eigenvalue weighted by Crippen LogP contribution is -1.99. The Hall–Kier alpha value is -2.07. The second-order valence-electron chi connectivity index (χ2n) is 5.88. The minimum Gasteiger partial charge on any atom is -0.494 e. The first kappa shape index (κ1) is 15.8. The molecule has 0 fully saturated rings.